The average Bonchev–Trinajstić information content (AvgIpc) is 3.56. The van der Waals surface area contributed by atoms with Gasteiger partial charge in [-0.15, -0.1) is 0 Å². The van der Waals surface area contributed by atoms with Crippen LogP contribution in [0.5, 0.6) is 5.75 Å². The van der Waals surface area contributed by atoms with Crippen LogP contribution >= 0.6 is 15.9 Å². The normalized spacial score (nSPS) is 17.6. The molecule has 6 rings (SSSR count). The van der Waals surface area contributed by atoms with Crippen LogP contribution in [0.3, 0.4) is 0 Å². The fourth-order valence-corrected chi connectivity index (χ4v) is 5.48. The molecule has 3 aromatic carbocycles. The summed E-state index contributed by atoms with van der Waals surface area (Å²) in [4.78, 5) is 19.5. The van der Waals surface area contributed by atoms with Crippen LogP contribution in [0.2, 0.25) is 0 Å². The zero-order chi connectivity index (χ0) is 24.8. The number of aromatic nitrogens is 2. The first-order valence-electron chi connectivity index (χ1n) is 12.4. The van der Waals surface area contributed by atoms with E-state index in [2.05, 4.69) is 44.8 Å². The van der Waals surface area contributed by atoms with Crippen molar-refractivity contribution in [3.63, 3.8) is 0 Å². The molecule has 2 heterocycles. The van der Waals surface area contributed by atoms with Gasteiger partial charge in [0, 0.05) is 37.2 Å². The van der Waals surface area contributed by atoms with Crippen molar-refractivity contribution >= 4 is 32.9 Å². The first-order chi connectivity index (χ1) is 17.5. The zero-order valence-corrected chi connectivity index (χ0v) is 21.7. The molecule has 1 aliphatic carbocycles. The maximum Gasteiger partial charge on any atom is 0.225 e. The molecule has 1 saturated carbocycles. The van der Waals surface area contributed by atoms with Gasteiger partial charge in [-0.2, -0.15) is 0 Å². The van der Waals surface area contributed by atoms with Crippen molar-refractivity contribution in [2.24, 2.45) is 11.8 Å². The number of nitrogens with zero attached hydrogens (tertiary/aromatic N) is 3. The summed E-state index contributed by atoms with van der Waals surface area (Å²) in [7, 11) is 1.66. The van der Waals surface area contributed by atoms with Gasteiger partial charge in [-0.05, 0) is 70.4 Å². The molecule has 0 bridgehead atoms. The van der Waals surface area contributed by atoms with E-state index in [0.717, 1.165) is 71.6 Å². The average molecular weight is 548 g/mol. The minimum absolute atomic E-state index is 0.240. The monoisotopic (exact) mass is 547 g/mol. The van der Waals surface area contributed by atoms with E-state index in [9.17, 15) is 9.18 Å². The number of hydrogen-bond acceptors (Lipinski definition) is 3. The summed E-state index contributed by atoms with van der Waals surface area (Å²) in [5.41, 5.74) is 4.71. The van der Waals surface area contributed by atoms with Crippen LogP contribution in [0.1, 0.15) is 19.3 Å². The first-order valence-corrected chi connectivity index (χ1v) is 13.2. The quantitative estimate of drug-likeness (QED) is 0.275. The van der Waals surface area contributed by atoms with Crippen molar-refractivity contribution in [1.29, 1.82) is 0 Å². The molecule has 1 unspecified atom stereocenters. The molecule has 1 aromatic heterocycles. The van der Waals surface area contributed by atoms with Gasteiger partial charge < -0.3 is 14.2 Å². The Morgan fingerprint density at radius 2 is 1.69 bits per heavy atom. The third-order valence-corrected chi connectivity index (χ3v) is 7.93. The Morgan fingerprint density at radius 1 is 1.03 bits per heavy atom. The number of likely N-dealkylation sites (tertiary alicyclic amines) is 1. The first kappa shape index (κ1) is 23.2. The lowest BCUT2D eigenvalue weighted by Crippen LogP contribution is -2.30. The summed E-state index contributed by atoms with van der Waals surface area (Å²) in [5, 5.41) is 0. The highest BCUT2D eigenvalue weighted by Crippen LogP contribution is 2.35. The Labute approximate surface area is 218 Å². The molecule has 7 heteroatoms. The van der Waals surface area contributed by atoms with E-state index in [1.807, 2.05) is 29.2 Å². The SMILES string of the molecule is COc1ccc(-c2ccc(-c3nc4cc(Br)c(F)cc4n3CC3CCN(C(=O)C4CC4)C3)cc2)cc1. The number of benzene rings is 3. The lowest BCUT2D eigenvalue weighted by atomic mass is 10.0. The summed E-state index contributed by atoms with van der Waals surface area (Å²) < 4.78 is 22.4. The minimum Gasteiger partial charge on any atom is -0.497 e. The highest BCUT2D eigenvalue weighted by Gasteiger charge is 2.36. The smallest absolute Gasteiger partial charge is 0.225 e. The second-order valence-corrected chi connectivity index (χ2v) is 10.7. The van der Waals surface area contributed by atoms with Gasteiger partial charge in [-0.25, -0.2) is 9.37 Å². The van der Waals surface area contributed by atoms with Crippen LogP contribution in [-0.4, -0.2) is 40.6 Å². The molecule has 0 N–H and O–H groups in total. The number of hydrogen-bond donors (Lipinski definition) is 0. The number of amides is 1. The molecule has 1 amide bonds. The summed E-state index contributed by atoms with van der Waals surface area (Å²) >= 11 is 3.31. The number of rotatable bonds is 6. The van der Waals surface area contributed by atoms with Crippen molar-refractivity contribution < 1.29 is 13.9 Å². The largest absolute Gasteiger partial charge is 0.497 e. The number of ether oxygens (including phenoxy) is 1. The second kappa shape index (κ2) is 9.36. The van der Waals surface area contributed by atoms with E-state index in [4.69, 9.17) is 9.72 Å². The van der Waals surface area contributed by atoms with Crippen molar-refractivity contribution in [2.45, 2.75) is 25.8 Å². The van der Waals surface area contributed by atoms with Crippen molar-refractivity contribution in [1.82, 2.24) is 14.5 Å². The highest BCUT2D eigenvalue weighted by molar-refractivity contribution is 9.10. The van der Waals surface area contributed by atoms with Gasteiger partial charge in [0.05, 0.1) is 22.6 Å². The molecule has 1 saturated heterocycles. The highest BCUT2D eigenvalue weighted by atomic mass is 79.9. The van der Waals surface area contributed by atoms with Gasteiger partial charge in [0.15, 0.2) is 0 Å². The van der Waals surface area contributed by atoms with Crippen LogP contribution in [0.25, 0.3) is 33.5 Å². The van der Waals surface area contributed by atoms with E-state index in [0.29, 0.717) is 22.8 Å². The van der Waals surface area contributed by atoms with E-state index in [1.54, 1.807) is 19.2 Å². The number of fused-ring (bicyclic) bond motifs is 1. The molecular formula is C29H27BrFN3O2. The molecule has 4 aromatic rings. The molecule has 184 valence electrons. The van der Waals surface area contributed by atoms with Crippen LogP contribution in [0, 0.1) is 17.7 Å². The molecular weight excluding hydrogens is 521 g/mol. The van der Waals surface area contributed by atoms with Crippen LogP contribution in [0.4, 0.5) is 4.39 Å². The lowest BCUT2D eigenvalue weighted by molar-refractivity contribution is -0.131. The Hall–Kier alpha value is -3.19. The molecule has 0 radical (unpaired) electrons. The Morgan fingerprint density at radius 3 is 2.36 bits per heavy atom. The van der Waals surface area contributed by atoms with E-state index in [1.165, 1.54) is 0 Å². The van der Waals surface area contributed by atoms with Crippen molar-refractivity contribution in [3.05, 3.63) is 71.0 Å². The van der Waals surface area contributed by atoms with E-state index in [-0.39, 0.29) is 11.7 Å². The third kappa shape index (κ3) is 4.41. The Balaban J connectivity index is 1.32. The van der Waals surface area contributed by atoms with Crippen LogP contribution in [-0.2, 0) is 11.3 Å². The van der Waals surface area contributed by atoms with Crippen LogP contribution < -0.4 is 4.74 Å². The molecule has 2 fully saturated rings. The maximum absolute atomic E-state index is 14.6. The van der Waals surface area contributed by atoms with E-state index >= 15 is 0 Å². The summed E-state index contributed by atoms with van der Waals surface area (Å²) in [5.74, 6) is 2.19. The second-order valence-electron chi connectivity index (χ2n) is 9.82. The Kier molecular flexibility index (Phi) is 6.04. The van der Waals surface area contributed by atoms with Gasteiger partial charge in [0.25, 0.3) is 0 Å². The van der Waals surface area contributed by atoms with Gasteiger partial charge in [-0.3, -0.25) is 4.79 Å². The third-order valence-electron chi connectivity index (χ3n) is 7.32. The van der Waals surface area contributed by atoms with Gasteiger partial charge in [0.1, 0.15) is 17.4 Å². The van der Waals surface area contributed by atoms with Crippen molar-refractivity contribution in [2.75, 3.05) is 20.2 Å². The number of methoxy groups -OCH3 is 1. The number of imidazole rings is 1. The summed E-state index contributed by atoms with van der Waals surface area (Å²) in [6.45, 7) is 2.25. The molecule has 1 atom stereocenters. The molecule has 5 nitrogen and oxygen atoms in total. The molecule has 36 heavy (non-hydrogen) atoms. The number of carbonyl (C=O) groups is 1. The molecule has 2 aliphatic rings. The fraction of sp³-hybridized carbons (Fsp3) is 0.310. The Bertz CT molecular complexity index is 1430. The molecule has 1 aliphatic heterocycles. The zero-order valence-electron chi connectivity index (χ0n) is 20.1. The predicted molar refractivity (Wildman–Crippen MR) is 142 cm³/mol. The van der Waals surface area contributed by atoms with E-state index < -0.39 is 0 Å². The van der Waals surface area contributed by atoms with Gasteiger partial charge in [-0.1, -0.05) is 36.4 Å². The van der Waals surface area contributed by atoms with Crippen molar-refractivity contribution in [3.8, 4) is 28.3 Å². The maximum atomic E-state index is 14.6. The fourth-order valence-electron chi connectivity index (χ4n) is 5.15. The minimum atomic E-state index is -0.304. The van der Waals surface area contributed by atoms with Gasteiger partial charge in [0.2, 0.25) is 5.91 Å². The standard InChI is InChI=1S/C29H27BrFN3O2/c1-36-23-10-8-20(9-11-23)19-2-4-21(5-3-19)28-32-26-14-24(30)25(31)15-27(26)34(28)17-18-12-13-33(16-18)29(35)22-6-7-22/h2-5,8-11,14-15,18,22H,6-7,12-13,16-17H2,1H3. The summed E-state index contributed by atoms with van der Waals surface area (Å²) in [6, 6.07) is 19.6. The lowest BCUT2D eigenvalue weighted by Gasteiger charge is -2.18. The topological polar surface area (TPSA) is 47.4 Å². The predicted octanol–water partition coefficient (Wildman–Crippen LogP) is 6.54. The van der Waals surface area contributed by atoms with Crippen LogP contribution in [0.15, 0.2) is 65.1 Å². The number of carbonyl (C=O) groups excluding carboxylic acids is 1. The molecule has 0 spiro atoms. The summed E-state index contributed by atoms with van der Waals surface area (Å²) in [6.07, 6.45) is 3.00. The van der Waals surface area contributed by atoms with Gasteiger partial charge >= 0.3 is 0 Å². The number of halogens is 2.